The summed E-state index contributed by atoms with van der Waals surface area (Å²) in [5.74, 6) is 1.03. The van der Waals surface area contributed by atoms with E-state index in [9.17, 15) is 0 Å². The molecular formula is C14H19N5. The Morgan fingerprint density at radius 2 is 1.95 bits per heavy atom. The van der Waals surface area contributed by atoms with Crippen LogP contribution in [0.25, 0.3) is 10.9 Å². The third-order valence-electron chi connectivity index (χ3n) is 3.76. The van der Waals surface area contributed by atoms with Gasteiger partial charge in [-0.15, -0.1) is 0 Å². The molecular weight excluding hydrogens is 238 g/mol. The minimum Gasteiger partial charge on any atom is -0.399 e. The highest BCUT2D eigenvalue weighted by molar-refractivity contribution is 5.91. The van der Waals surface area contributed by atoms with Crippen LogP contribution in [0.5, 0.6) is 0 Å². The molecule has 0 bridgehead atoms. The number of nitrogen functional groups attached to an aromatic ring is 1. The molecule has 0 amide bonds. The topological polar surface area (TPSA) is 58.3 Å². The monoisotopic (exact) mass is 257 g/mol. The van der Waals surface area contributed by atoms with Gasteiger partial charge < -0.3 is 15.5 Å². The molecule has 5 heteroatoms. The summed E-state index contributed by atoms with van der Waals surface area (Å²) in [4.78, 5) is 13.6. The van der Waals surface area contributed by atoms with Crippen LogP contribution in [-0.2, 0) is 0 Å². The van der Waals surface area contributed by atoms with E-state index in [-0.39, 0.29) is 0 Å². The van der Waals surface area contributed by atoms with Gasteiger partial charge in [0.15, 0.2) is 0 Å². The van der Waals surface area contributed by atoms with Gasteiger partial charge in [-0.2, -0.15) is 0 Å². The predicted molar refractivity (Wildman–Crippen MR) is 78.3 cm³/mol. The Labute approximate surface area is 113 Å². The molecule has 0 spiro atoms. The summed E-state index contributed by atoms with van der Waals surface area (Å²) in [6.45, 7) is 7.55. The maximum absolute atomic E-state index is 5.81. The number of fused-ring (bicyclic) bond motifs is 1. The molecule has 0 saturated carbocycles. The molecule has 2 N–H and O–H groups in total. The second-order valence-corrected chi connectivity index (χ2v) is 4.90. The summed E-state index contributed by atoms with van der Waals surface area (Å²) >= 11 is 0. The number of aromatic nitrogens is 2. The van der Waals surface area contributed by atoms with E-state index in [2.05, 4.69) is 26.7 Å². The minimum absolute atomic E-state index is 0.743. The van der Waals surface area contributed by atoms with Crippen LogP contribution in [0.15, 0.2) is 24.5 Å². The lowest BCUT2D eigenvalue weighted by molar-refractivity contribution is 0.271. The Bertz CT molecular complexity index is 575. The third kappa shape index (κ3) is 2.33. The molecule has 0 aliphatic carbocycles. The van der Waals surface area contributed by atoms with Gasteiger partial charge in [0.25, 0.3) is 0 Å². The fourth-order valence-electron chi connectivity index (χ4n) is 2.59. The van der Waals surface area contributed by atoms with E-state index in [0.29, 0.717) is 0 Å². The van der Waals surface area contributed by atoms with Crippen molar-refractivity contribution in [2.24, 2.45) is 0 Å². The molecule has 0 atom stereocenters. The third-order valence-corrected chi connectivity index (χ3v) is 3.76. The van der Waals surface area contributed by atoms with Gasteiger partial charge in [0.05, 0.1) is 5.52 Å². The molecule has 1 aromatic heterocycles. The smallest absolute Gasteiger partial charge is 0.139 e. The number of benzene rings is 1. The summed E-state index contributed by atoms with van der Waals surface area (Å²) < 4.78 is 0. The first-order valence-electron chi connectivity index (χ1n) is 6.75. The van der Waals surface area contributed by atoms with Crippen LogP contribution in [0.4, 0.5) is 11.5 Å². The van der Waals surface area contributed by atoms with E-state index in [1.54, 1.807) is 6.33 Å². The van der Waals surface area contributed by atoms with E-state index in [4.69, 9.17) is 5.73 Å². The molecule has 1 aromatic carbocycles. The largest absolute Gasteiger partial charge is 0.399 e. The summed E-state index contributed by atoms with van der Waals surface area (Å²) in [6, 6.07) is 5.84. The summed E-state index contributed by atoms with van der Waals surface area (Å²) in [7, 11) is 0. The number of nitrogens with zero attached hydrogens (tertiary/aromatic N) is 4. The van der Waals surface area contributed by atoms with Crippen molar-refractivity contribution in [3.63, 3.8) is 0 Å². The lowest BCUT2D eigenvalue weighted by atomic mass is 10.2. The molecule has 100 valence electrons. The zero-order chi connectivity index (χ0) is 13.2. The summed E-state index contributed by atoms with van der Waals surface area (Å²) in [5, 5.41) is 1.08. The summed E-state index contributed by atoms with van der Waals surface area (Å²) in [6.07, 6.45) is 1.63. The molecule has 1 saturated heterocycles. The van der Waals surface area contributed by atoms with Gasteiger partial charge in [-0.05, 0) is 24.7 Å². The highest BCUT2D eigenvalue weighted by Crippen LogP contribution is 2.25. The first kappa shape index (κ1) is 12.2. The van der Waals surface area contributed by atoms with Crippen LogP contribution in [0.3, 0.4) is 0 Å². The first-order chi connectivity index (χ1) is 9.28. The average Bonchev–Trinajstić information content (AvgIpc) is 2.46. The lowest BCUT2D eigenvalue weighted by Crippen LogP contribution is -2.46. The van der Waals surface area contributed by atoms with Crippen LogP contribution in [0.2, 0.25) is 0 Å². The van der Waals surface area contributed by atoms with Gasteiger partial charge in [0.2, 0.25) is 0 Å². The van der Waals surface area contributed by atoms with Crippen molar-refractivity contribution >= 4 is 22.4 Å². The van der Waals surface area contributed by atoms with Crippen molar-refractivity contribution in [1.29, 1.82) is 0 Å². The Balaban J connectivity index is 1.93. The molecule has 19 heavy (non-hydrogen) atoms. The molecule has 2 aromatic rings. The first-order valence-corrected chi connectivity index (χ1v) is 6.75. The molecule has 2 heterocycles. The summed E-state index contributed by atoms with van der Waals surface area (Å²) in [5.41, 5.74) is 7.47. The van der Waals surface area contributed by atoms with Crippen LogP contribution in [-0.4, -0.2) is 47.6 Å². The van der Waals surface area contributed by atoms with Gasteiger partial charge in [0.1, 0.15) is 12.1 Å². The molecule has 1 aliphatic heterocycles. The van der Waals surface area contributed by atoms with Crippen molar-refractivity contribution < 1.29 is 0 Å². The van der Waals surface area contributed by atoms with E-state index in [0.717, 1.165) is 55.1 Å². The van der Waals surface area contributed by atoms with Gasteiger partial charge >= 0.3 is 0 Å². The molecule has 0 radical (unpaired) electrons. The van der Waals surface area contributed by atoms with Crippen LogP contribution >= 0.6 is 0 Å². The fraction of sp³-hybridized carbons (Fsp3) is 0.429. The number of piperazine rings is 1. The van der Waals surface area contributed by atoms with E-state index in [1.807, 2.05) is 18.2 Å². The SMILES string of the molecule is CCN1CCN(c2ncnc3cc(N)ccc23)CC1. The second kappa shape index (κ2) is 5.01. The van der Waals surface area contributed by atoms with Crippen molar-refractivity contribution in [3.05, 3.63) is 24.5 Å². The van der Waals surface area contributed by atoms with E-state index >= 15 is 0 Å². The zero-order valence-electron chi connectivity index (χ0n) is 11.2. The molecule has 1 fully saturated rings. The number of hydrogen-bond donors (Lipinski definition) is 1. The quantitative estimate of drug-likeness (QED) is 0.823. The maximum atomic E-state index is 5.81. The number of hydrogen-bond acceptors (Lipinski definition) is 5. The highest BCUT2D eigenvalue weighted by Gasteiger charge is 2.18. The fourth-order valence-corrected chi connectivity index (χ4v) is 2.59. The van der Waals surface area contributed by atoms with Gasteiger partial charge in [0, 0.05) is 37.3 Å². The molecule has 1 aliphatic rings. The number of likely N-dealkylation sites (N-methyl/N-ethyl adjacent to an activating group) is 1. The molecule has 0 unspecified atom stereocenters. The normalized spacial score (nSPS) is 17.0. The number of nitrogens with two attached hydrogens (primary N) is 1. The maximum Gasteiger partial charge on any atom is 0.139 e. The van der Waals surface area contributed by atoms with Crippen LogP contribution in [0.1, 0.15) is 6.92 Å². The van der Waals surface area contributed by atoms with E-state index in [1.165, 1.54) is 0 Å². The average molecular weight is 257 g/mol. The van der Waals surface area contributed by atoms with Crippen molar-refractivity contribution in [3.8, 4) is 0 Å². The molecule has 5 nitrogen and oxygen atoms in total. The zero-order valence-corrected chi connectivity index (χ0v) is 11.2. The van der Waals surface area contributed by atoms with Gasteiger partial charge in [-0.25, -0.2) is 9.97 Å². The predicted octanol–water partition coefficient (Wildman–Crippen LogP) is 1.35. The molecule has 3 rings (SSSR count). The van der Waals surface area contributed by atoms with Gasteiger partial charge in [-0.3, -0.25) is 0 Å². The standard InChI is InChI=1S/C14H19N5/c1-2-18-5-7-19(8-6-18)14-12-4-3-11(15)9-13(12)16-10-17-14/h3-4,9-10H,2,5-8,15H2,1H3. The van der Waals surface area contributed by atoms with Crippen molar-refractivity contribution in [2.45, 2.75) is 6.92 Å². The van der Waals surface area contributed by atoms with Crippen molar-refractivity contribution in [1.82, 2.24) is 14.9 Å². The second-order valence-electron chi connectivity index (χ2n) is 4.90. The van der Waals surface area contributed by atoms with E-state index < -0.39 is 0 Å². The van der Waals surface area contributed by atoms with Crippen molar-refractivity contribution in [2.75, 3.05) is 43.4 Å². The van der Waals surface area contributed by atoms with Crippen LogP contribution < -0.4 is 10.6 Å². The Morgan fingerprint density at radius 3 is 2.68 bits per heavy atom. The Morgan fingerprint density at radius 1 is 1.16 bits per heavy atom. The highest BCUT2D eigenvalue weighted by atomic mass is 15.3. The van der Waals surface area contributed by atoms with Crippen LogP contribution in [0, 0.1) is 0 Å². The number of rotatable bonds is 2. The number of anilines is 2. The minimum atomic E-state index is 0.743. The Hall–Kier alpha value is -1.88. The van der Waals surface area contributed by atoms with Gasteiger partial charge in [-0.1, -0.05) is 6.92 Å². The lowest BCUT2D eigenvalue weighted by Gasteiger charge is -2.35. The Kier molecular flexibility index (Phi) is 3.21.